The Balaban J connectivity index is 4.87. The van der Waals surface area contributed by atoms with Crippen molar-refractivity contribution in [1.29, 1.82) is 0 Å². The molecular formula is C6H7FINO2S. The number of sulfonamides is 1. The number of rotatable bonds is 4. The van der Waals surface area contributed by atoms with Gasteiger partial charge in [0.2, 0.25) is 0 Å². The van der Waals surface area contributed by atoms with Gasteiger partial charge in [0.05, 0.1) is 0 Å². The molecular weight excluding hydrogens is 296 g/mol. The molecule has 0 atom stereocenters. The average Bonchev–Trinajstić information content (AvgIpc) is 2.03. The minimum Gasteiger partial charge on any atom is -0.206 e. The summed E-state index contributed by atoms with van der Waals surface area (Å²) in [6, 6.07) is 0. The van der Waals surface area contributed by atoms with E-state index in [0.717, 1.165) is 12.2 Å². The zero-order valence-electron chi connectivity index (χ0n) is 6.05. The second kappa shape index (κ2) is 4.73. The number of hydrogen-bond acceptors (Lipinski definition) is 2. The molecule has 0 aliphatic carbocycles. The number of halogens is 2. The largest absolute Gasteiger partial charge is 0.251 e. The Morgan fingerprint density at radius 3 is 2.42 bits per heavy atom. The van der Waals surface area contributed by atoms with Gasteiger partial charge < -0.3 is 0 Å². The summed E-state index contributed by atoms with van der Waals surface area (Å²) in [6.07, 6.45) is 2.07. The number of nitrogens with one attached hydrogen (secondary N) is 1. The van der Waals surface area contributed by atoms with Gasteiger partial charge in [-0.15, -0.1) is 0 Å². The lowest BCUT2D eigenvalue weighted by Crippen LogP contribution is -2.14. The lowest BCUT2D eigenvalue weighted by Gasteiger charge is -2.00. The second-order valence-electron chi connectivity index (χ2n) is 1.75. The lowest BCUT2D eigenvalue weighted by atomic mass is 10.4. The smallest absolute Gasteiger partial charge is 0.206 e. The Morgan fingerprint density at radius 2 is 2.08 bits per heavy atom. The maximum Gasteiger partial charge on any atom is 0.251 e. The van der Waals surface area contributed by atoms with Crippen molar-refractivity contribution in [1.82, 2.24) is 2.94 Å². The molecule has 0 spiro atoms. The SMILES string of the molecule is C=C/C=C(/F)C(=C)S(=O)(=O)NI. The molecule has 12 heavy (non-hydrogen) atoms. The third kappa shape index (κ3) is 3.03. The van der Waals surface area contributed by atoms with E-state index in [1.165, 1.54) is 22.9 Å². The molecule has 0 aliphatic heterocycles. The van der Waals surface area contributed by atoms with E-state index < -0.39 is 20.8 Å². The quantitative estimate of drug-likeness (QED) is 0.489. The Hall–Kier alpha value is -0.210. The molecule has 0 fully saturated rings. The standard InChI is InChI=1S/C6H7FINO2S/c1-3-4-6(7)5(2)12(10,11)9-8/h3-4,9H,1-2H2/b6-4+. The highest BCUT2D eigenvalue weighted by atomic mass is 127. The lowest BCUT2D eigenvalue weighted by molar-refractivity contribution is 0.595. The van der Waals surface area contributed by atoms with Crippen LogP contribution in [0.4, 0.5) is 4.39 Å². The van der Waals surface area contributed by atoms with Crippen molar-refractivity contribution in [2.45, 2.75) is 0 Å². The fourth-order valence-electron chi connectivity index (χ4n) is 0.371. The van der Waals surface area contributed by atoms with Crippen LogP contribution in [0.15, 0.2) is 36.0 Å². The van der Waals surface area contributed by atoms with Crippen molar-refractivity contribution in [3.05, 3.63) is 36.0 Å². The summed E-state index contributed by atoms with van der Waals surface area (Å²) in [5.41, 5.74) is 0. The van der Waals surface area contributed by atoms with Crippen LogP contribution in [-0.2, 0) is 10.0 Å². The van der Waals surface area contributed by atoms with Crippen LogP contribution < -0.4 is 2.94 Å². The van der Waals surface area contributed by atoms with E-state index in [-0.39, 0.29) is 0 Å². The van der Waals surface area contributed by atoms with Gasteiger partial charge in [0, 0.05) is 22.9 Å². The van der Waals surface area contributed by atoms with Crippen molar-refractivity contribution in [3.63, 3.8) is 0 Å². The van der Waals surface area contributed by atoms with E-state index in [1.54, 1.807) is 0 Å². The molecule has 3 nitrogen and oxygen atoms in total. The van der Waals surface area contributed by atoms with Crippen molar-refractivity contribution < 1.29 is 12.8 Å². The van der Waals surface area contributed by atoms with E-state index >= 15 is 0 Å². The summed E-state index contributed by atoms with van der Waals surface area (Å²) in [7, 11) is -3.77. The van der Waals surface area contributed by atoms with Gasteiger partial charge in [0.15, 0.2) is 0 Å². The molecule has 0 aliphatic rings. The predicted molar refractivity (Wildman–Crippen MR) is 54.6 cm³/mol. The molecule has 0 aromatic rings. The summed E-state index contributed by atoms with van der Waals surface area (Å²) in [5.74, 6) is -0.922. The van der Waals surface area contributed by atoms with E-state index in [4.69, 9.17) is 0 Å². The van der Waals surface area contributed by atoms with Gasteiger partial charge in [-0.25, -0.2) is 12.8 Å². The first kappa shape index (κ1) is 11.8. The summed E-state index contributed by atoms with van der Waals surface area (Å²) in [6.45, 7) is 6.29. The molecule has 0 rings (SSSR count). The van der Waals surface area contributed by atoms with Gasteiger partial charge >= 0.3 is 0 Å². The van der Waals surface area contributed by atoms with Crippen molar-refractivity contribution in [3.8, 4) is 0 Å². The fraction of sp³-hybridized carbons (Fsp3) is 0. The van der Waals surface area contributed by atoms with Gasteiger partial charge in [-0.2, -0.15) is 2.94 Å². The number of hydrogen-bond donors (Lipinski definition) is 1. The zero-order chi connectivity index (χ0) is 9.78. The zero-order valence-corrected chi connectivity index (χ0v) is 9.02. The van der Waals surface area contributed by atoms with Gasteiger partial charge in [-0.1, -0.05) is 19.2 Å². The first-order chi connectivity index (χ1) is 5.45. The highest BCUT2D eigenvalue weighted by Gasteiger charge is 2.17. The minimum absolute atomic E-state index is 0.600. The van der Waals surface area contributed by atoms with E-state index in [1.807, 2.05) is 2.94 Å². The molecule has 0 amide bonds. The fourth-order valence-corrected chi connectivity index (χ4v) is 1.59. The molecule has 0 radical (unpaired) electrons. The number of allylic oxidation sites excluding steroid dienone is 3. The summed E-state index contributed by atoms with van der Waals surface area (Å²) in [5, 5.41) is 0. The Labute approximate surface area is 84.6 Å². The molecule has 0 saturated carbocycles. The second-order valence-corrected chi connectivity index (χ2v) is 4.73. The summed E-state index contributed by atoms with van der Waals surface area (Å²) < 4.78 is 36.4. The molecule has 0 aromatic carbocycles. The van der Waals surface area contributed by atoms with Gasteiger partial charge in [0.25, 0.3) is 10.0 Å². The maximum atomic E-state index is 12.7. The van der Waals surface area contributed by atoms with E-state index in [2.05, 4.69) is 13.2 Å². The molecule has 0 heterocycles. The van der Waals surface area contributed by atoms with Gasteiger partial charge in [0.1, 0.15) is 10.7 Å². The maximum absolute atomic E-state index is 12.7. The predicted octanol–water partition coefficient (Wildman–Crippen LogP) is 1.81. The Morgan fingerprint density at radius 1 is 1.58 bits per heavy atom. The third-order valence-corrected chi connectivity index (χ3v) is 3.74. The van der Waals surface area contributed by atoms with Gasteiger partial charge in [-0.05, 0) is 6.08 Å². The topological polar surface area (TPSA) is 46.2 Å². The van der Waals surface area contributed by atoms with Crippen LogP contribution in [0.3, 0.4) is 0 Å². The third-order valence-electron chi connectivity index (χ3n) is 0.957. The first-order valence-electron chi connectivity index (χ1n) is 2.75. The summed E-state index contributed by atoms with van der Waals surface area (Å²) >= 11 is 1.39. The molecule has 0 unspecified atom stereocenters. The van der Waals surface area contributed by atoms with Crippen LogP contribution >= 0.6 is 22.9 Å². The first-order valence-corrected chi connectivity index (χ1v) is 5.32. The molecule has 6 heteroatoms. The Kier molecular flexibility index (Phi) is 4.64. The van der Waals surface area contributed by atoms with Crippen molar-refractivity contribution >= 4 is 32.9 Å². The monoisotopic (exact) mass is 303 g/mol. The van der Waals surface area contributed by atoms with Crippen LogP contribution in [0.1, 0.15) is 0 Å². The Bertz CT molecular complexity index is 320. The normalized spacial score (nSPS) is 12.7. The van der Waals surface area contributed by atoms with Crippen LogP contribution in [0.5, 0.6) is 0 Å². The molecule has 0 saturated heterocycles. The van der Waals surface area contributed by atoms with Crippen LogP contribution in [0.25, 0.3) is 0 Å². The van der Waals surface area contributed by atoms with Crippen LogP contribution in [0, 0.1) is 0 Å². The molecule has 1 N–H and O–H groups in total. The molecule has 0 bridgehead atoms. The summed E-state index contributed by atoms with van der Waals surface area (Å²) in [4.78, 5) is -0.600. The molecule has 0 aromatic heterocycles. The van der Waals surface area contributed by atoms with Crippen molar-refractivity contribution in [2.75, 3.05) is 0 Å². The highest BCUT2D eigenvalue weighted by Crippen LogP contribution is 2.15. The van der Waals surface area contributed by atoms with Gasteiger partial charge in [-0.3, -0.25) is 0 Å². The van der Waals surface area contributed by atoms with Crippen LogP contribution in [-0.4, -0.2) is 8.42 Å². The van der Waals surface area contributed by atoms with Crippen molar-refractivity contribution in [2.24, 2.45) is 0 Å². The molecule has 68 valence electrons. The van der Waals surface area contributed by atoms with E-state index in [9.17, 15) is 12.8 Å². The van der Waals surface area contributed by atoms with E-state index in [0.29, 0.717) is 0 Å². The average molecular weight is 303 g/mol. The van der Waals surface area contributed by atoms with Crippen LogP contribution in [0.2, 0.25) is 0 Å². The minimum atomic E-state index is -3.77. The highest BCUT2D eigenvalue weighted by molar-refractivity contribution is 14.1.